The highest BCUT2D eigenvalue weighted by molar-refractivity contribution is 7.14. The normalized spacial score (nSPS) is 11.1. The van der Waals surface area contributed by atoms with Gasteiger partial charge in [-0.15, -0.1) is 11.3 Å². The summed E-state index contributed by atoms with van der Waals surface area (Å²) in [6.07, 6.45) is 2.32. The zero-order valence-corrected chi connectivity index (χ0v) is 16.8. The number of nitrogens with zero attached hydrogens (tertiary/aromatic N) is 4. The highest BCUT2D eigenvalue weighted by atomic mass is 35.5. The first-order valence-electron chi connectivity index (χ1n) is 8.67. The molecule has 3 aromatic heterocycles. The number of imidazole rings is 1. The minimum absolute atomic E-state index is 0.211. The van der Waals surface area contributed by atoms with Crippen molar-refractivity contribution in [2.24, 2.45) is 0 Å². The van der Waals surface area contributed by atoms with E-state index in [-0.39, 0.29) is 5.56 Å². The Kier molecular flexibility index (Phi) is 4.78. The molecule has 0 amide bonds. The van der Waals surface area contributed by atoms with Gasteiger partial charge < -0.3 is 10.0 Å². The summed E-state index contributed by atoms with van der Waals surface area (Å²) in [4.78, 5) is 22.7. The molecule has 142 valence electrons. The first-order valence-corrected chi connectivity index (χ1v) is 9.93. The molecule has 28 heavy (non-hydrogen) atoms. The van der Waals surface area contributed by atoms with E-state index in [1.165, 1.54) is 11.3 Å². The molecule has 0 unspecified atom stereocenters. The Morgan fingerprint density at radius 3 is 2.64 bits per heavy atom. The van der Waals surface area contributed by atoms with Gasteiger partial charge in [0.05, 0.1) is 17.0 Å². The van der Waals surface area contributed by atoms with Gasteiger partial charge in [0.25, 0.3) is 0 Å². The monoisotopic (exact) mass is 412 g/mol. The van der Waals surface area contributed by atoms with Gasteiger partial charge in [0.2, 0.25) is 0 Å². The maximum atomic E-state index is 11.4. The second-order valence-electron chi connectivity index (χ2n) is 6.27. The lowest BCUT2D eigenvalue weighted by Crippen LogP contribution is -2.14. The van der Waals surface area contributed by atoms with E-state index in [0.717, 1.165) is 34.3 Å². The summed E-state index contributed by atoms with van der Waals surface area (Å²) in [5.41, 5.74) is 3.65. The number of rotatable bonds is 5. The van der Waals surface area contributed by atoms with Crippen molar-refractivity contribution in [2.45, 2.75) is 13.3 Å². The quantitative estimate of drug-likeness (QED) is 0.491. The molecule has 0 saturated heterocycles. The number of hydrogen-bond donors (Lipinski definition) is 1. The zero-order valence-electron chi connectivity index (χ0n) is 15.3. The van der Waals surface area contributed by atoms with Crippen molar-refractivity contribution >= 4 is 45.5 Å². The van der Waals surface area contributed by atoms with Crippen molar-refractivity contribution < 1.29 is 9.90 Å². The van der Waals surface area contributed by atoms with Gasteiger partial charge in [-0.3, -0.25) is 4.40 Å². The van der Waals surface area contributed by atoms with Crippen molar-refractivity contribution in [3.05, 3.63) is 64.3 Å². The van der Waals surface area contributed by atoms with Crippen molar-refractivity contribution in [3.63, 3.8) is 0 Å². The fourth-order valence-electron chi connectivity index (χ4n) is 3.06. The average Bonchev–Trinajstić information content (AvgIpc) is 3.32. The Morgan fingerprint density at radius 2 is 1.96 bits per heavy atom. The van der Waals surface area contributed by atoms with Crippen LogP contribution in [0.4, 0.5) is 10.9 Å². The number of aryl methyl sites for hydroxylation is 1. The van der Waals surface area contributed by atoms with Crippen LogP contribution in [0, 0.1) is 0 Å². The van der Waals surface area contributed by atoms with E-state index in [0.29, 0.717) is 10.7 Å². The highest BCUT2D eigenvalue weighted by Crippen LogP contribution is 2.34. The molecular weight excluding hydrogens is 396 g/mol. The second-order valence-corrected chi connectivity index (χ2v) is 7.54. The molecule has 1 N–H and O–H groups in total. The number of thiazole rings is 1. The summed E-state index contributed by atoms with van der Waals surface area (Å²) in [5, 5.41) is 12.8. The topological polar surface area (TPSA) is 70.7 Å². The lowest BCUT2D eigenvalue weighted by molar-refractivity contribution is 0.0696. The molecule has 0 bridgehead atoms. The number of carbonyl (C=O) groups is 1. The molecule has 1 aromatic carbocycles. The van der Waals surface area contributed by atoms with Crippen LogP contribution in [0.3, 0.4) is 0 Å². The highest BCUT2D eigenvalue weighted by Gasteiger charge is 2.20. The van der Waals surface area contributed by atoms with Crippen LogP contribution in [0.2, 0.25) is 5.02 Å². The second kappa shape index (κ2) is 7.26. The number of pyridine rings is 1. The van der Waals surface area contributed by atoms with Crippen LogP contribution in [0.15, 0.2) is 48.0 Å². The Labute approximate surface area is 170 Å². The molecule has 0 aliphatic heterocycles. The molecule has 0 fully saturated rings. The van der Waals surface area contributed by atoms with Crippen molar-refractivity contribution in [2.75, 3.05) is 11.9 Å². The van der Waals surface area contributed by atoms with Crippen LogP contribution < -0.4 is 4.90 Å². The van der Waals surface area contributed by atoms with E-state index >= 15 is 0 Å². The van der Waals surface area contributed by atoms with Crippen LogP contribution in [0.1, 0.15) is 23.0 Å². The Morgan fingerprint density at radius 1 is 1.21 bits per heavy atom. The minimum atomic E-state index is -0.971. The first-order chi connectivity index (χ1) is 13.5. The predicted molar refractivity (Wildman–Crippen MR) is 112 cm³/mol. The van der Waals surface area contributed by atoms with Crippen LogP contribution in [0.25, 0.3) is 16.9 Å². The molecule has 0 spiro atoms. The number of aromatic carboxylic acids is 1. The third-order valence-electron chi connectivity index (χ3n) is 4.48. The summed E-state index contributed by atoms with van der Waals surface area (Å²) in [6.45, 7) is 2.03. The lowest BCUT2D eigenvalue weighted by atomic mass is 10.2. The molecule has 0 atom stereocenters. The predicted octanol–water partition coefficient (Wildman–Crippen LogP) is 5.14. The number of carboxylic acids is 1. The standard InChI is InChI=1S/C20H17ClN4O2S/c1-3-15-18(25-10-13(19(26)27)6-9-17(25)22-15)24(2)20-23-16(11-28-20)12-4-7-14(21)8-5-12/h4-11H,3H2,1-2H3,(H,26,27). The fraction of sp³-hybridized carbons (Fsp3) is 0.150. The molecule has 3 heterocycles. The van der Waals surface area contributed by atoms with Crippen molar-refractivity contribution in [3.8, 4) is 11.3 Å². The average molecular weight is 413 g/mol. The van der Waals surface area contributed by atoms with Gasteiger partial charge in [0, 0.05) is 29.2 Å². The Bertz CT molecular complexity index is 1170. The van der Waals surface area contributed by atoms with Crippen LogP contribution >= 0.6 is 22.9 Å². The fourth-order valence-corrected chi connectivity index (χ4v) is 3.99. The summed E-state index contributed by atoms with van der Waals surface area (Å²) in [7, 11) is 1.92. The molecule has 0 saturated carbocycles. The summed E-state index contributed by atoms with van der Waals surface area (Å²) in [5.74, 6) is -0.154. The number of aromatic nitrogens is 3. The molecule has 4 rings (SSSR count). The zero-order chi connectivity index (χ0) is 19.8. The van der Waals surface area contributed by atoms with E-state index in [4.69, 9.17) is 16.6 Å². The van der Waals surface area contributed by atoms with E-state index in [2.05, 4.69) is 4.98 Å². The molecule has 0 radical (unpaired) electrons. The maximum Gasteiger partial charge on any atom is 0.337 e. The van der Waals surface area contributed by atoms with Gasteiger partial charge in [-0.25, -0.2) is 14.8 Å². The number of benzene rings is 1. The van der Waals surface area contributed by atoms with E-state index in [9.17, 15) is 9.90 Å². The van der Waals surface area contributed by atoms with Gasteiger partial charge in [-0.2, -0.15) is 0 Å². The molecule has 4 aromatic rings. The van der Waals surface area contributed by atoms with Gasteiger partial charge in [0.15, 0.2) is 5.13 Å². The number of anilines is 2. The maximum absolute atomic E-state index is 11.4. The molecular formula is C20H17ClN4O2S. The van der Waals surface area contributed by atoms with Crippen LogP contribution in [-0.2, 0) is 6.42 Å². The first kappa shape index (κ1) is 18.5. The third-order valence-corrected chi connectivity index (χ3v) is 5.65. The summed E-state index contributed by atoms with van der Waals surface area (Å²) in [6, 6.07) is 10.8. The number of hydrogen-bond acceptors (Lipinski definition) is 5. The molecule has 8 heteroatoms. The van der Waals surface area contributed by atoms with E-state index in [1.54, 1.807) is 18.3 Å². The van der Waals surface area contributed by atoms with Crippen molar-refractivity contribution in [1.82, 2.24) is 14.4 Å². The molecule has 0 aliphatic carbocycles. The molecule has 6 nitrogen and oxygen atoms in total. The third kappa shape index (κ3) is 3.23. The Hall–Kier alpha value is -2.90. The van der Waals surface area contributed by atoms with Crippen LogP contribution in [-0.4, -0.2) is 32.5 Å². The number of halogens is 1. The largest absolute Gasteiger partial charge is 0.478 e. The Balaban J connectivity index is 1.78. The van der Waals surface area contributed by atoms with E-state index < -0.39 is 5.97 Å². The van der Waals surface area contributed by atoms with Crippen LogP contribution in [0.5, 0.6) is 0 Å². The lowest BCUT2D eigenvalue weighted by Gasteiger charge is -2.17. The van der Waals surface area contributed by atoms with Gasteiger partial charge in [-0.1, -0.05) is 30.7 Å². The smallest absolute Gasteiger partial charge is 0.337 e. The van der Waals surface area contributed by atoms with Gasteiger partial charge in [0.1, 0.15) is 11.5 Å². The van der Waals surface area contributed by atoms with E-state index in [1.807, 2.05) is 52.9 Å². The van der Waals surface area contributed by atoms with Crippen molar-refractivity contribution in [1.29, 1.82) is 0 Å². The number of fused-ring (bicyclic) bond motifs is 1. The minimum Gasteiger partial charge on any atom is -0.478 e. The SMILES string of the molecule is CCc1nc2ccc(C(=O)O)cn2c1N(C)c1nc(-c2ccc(Cl)cc2)cs1. The molecule has 0 aliphatic rings. The summed E-state index contributed by atoms with van der Waals surface area (Å²) < 4.78 is 1.81. The van der Waals surface area contributed by atoms with Gasteiger partial charge >= 0.3 is 5.97 Å². The number of carboxylic acid groups (broad SMARTS) is 1. The summed E-state index contributed by atoms with van der Waals surface area (Å²) >= 11 is 7.49. The van der Waals surface area contributed by atoms with Gasteiger partial charge in [-0.05, 0) is 30.7 Å².